The van der Waals surface area contributed by atoms with Crippen LogP contribution in [0.3, 0.4) is 0 Å². The number of carbonyl (C=O) groups is 1. The summed E-state index contributed by atoms with van der Waals surface area (Å²) >= 11 is 0. The summed E-state index contributed by atoms with van der Waals surface area (Å²) in [6, 6.07) is 15.8. The quantitative estimate of drug-likeness (QED) is 0.464. The number of nitrogens with two attached hydrogens (primary N) is 1. The first-order valence-corrected chi connectivity index (χ1v) is 9.78. The van der Waals surface area contributed by atoms with E-state index in [9.17, 15) is 18.0 Å². The van der Waals surface area contributed by atoms with Crippen LogP contribution in [0, 0.1) is 6.92 Å². The Morgan fingerprint density at radius 2 is 1.88 bits per heavy atom. The average molecular weight is 436 g/mol. The Balaban J connectivity index is 1.56. The summed E-state index contributed by atoms with van der Waals surface area (Å²) in [4.78, 5) is 20.9. The van der Waals surface area contributed by atoms with E-state index in [1.54, 1.807) is 24.4 Å². The number of halogens is 3. The average Bonchev–Trinajstić information content (AvgIpc) is 2.77. The molecule has 0 atom stereocenters. The molecule has 0 aliphatic rings. The first kappa shape index (κ1) is 21.3. The normalized spacial score (nSPS) is 11.5. The number of nitrogens with one attached hydrogen (secondary N) is 1. The summed E-state index contributed by atoms with van der Waals surface area (Å²) < 4.78 is 38.7. The second kappa shape index (κ2) is 8.30. The van der Waals surface area contributed by atoms with Crippen LogP contribution in [-0.2, 0) is 12.7 Å². The van der Waals surface area contributed by atoms with Gasteiger partial charge in [0, 0.05) is 23.7 Å². The summed E-state index contributed by atoms with van der Waals surface area (Å²) in [6.45, 7) is 1.92. The number of hydrogen-bond acceptors (Lipinski definition) is 4. The second-order valence-corrected chi connectivity index (χ2v) is 7.41. The third-order valence-corrected chi connectivity index (χ3v) is 5.12. The molecule has 8 heteroatoms. The van der Waals surface area contributed by atoms with Crippen LogP contribution in [0.1, 0.15) is 27.0 Å². The molecule has 3 N–H and O–H groups in total. The molecule has 1 amide bonds. The topological polar surface area (TPSA) is 80.9 Å². The third-order valence-electron chi connectivity index (χ3n) is 5.12. The van der Waals surface area contributed by atoms with Crippen LogP contribution in [0.4, 0.5) is 19.1 Å². The van der Waals surface area contributed by atoms with Crippen molar-refractivity contribution in [2.24, 2.45) is 0 Å². The van der Waals surface area contributed by atoms with Gasteiger partial charge >= 0.3 is 6.18 Å². The number of rotatable bonds is 4. The van der Waals surface area contributed by atoms with E-state index in [4.69, 9.17) is 5.73 Å². The van der Waals surface area contributed by atoms with Crippen molar-refractivity contribution in [3.05, 3.63) is 89.1 Å². The zero-order valence-corrected chi connectivity index (χ0v) is 17.1. The highest BCUT2D eigenvalue weighted by Gasteiger charge is 2.30. The van der Waals surface area contributed by atoms with Crippen molar-refractivity contribution in [3.63, 3.8) is 0 Å². The number of amides is 1. The van der Waals surface area contributed by atoms with Gasteiger partial charge in [0.2, 0.25) is 5.95 Å². The molecular formula is C24H19F3N4O. The minimum absolute atomic E-state index is 0.0132. The number of aryl methyl sites for hydroxylation is 1. The highest BCUT2D eigenvalue weighted by atomic mass is 19.4. The lowest BCUT2D eigenvalue weighted by atomic mass is 9.97. The van der Waals surface area contributed by atoms with Crippen LogP contribution in [0.25, 0.3) is 22.0 Å². The Morgan fingerprint density at radius 3 is 2.66 bits per heavy atom. The van der Waals surface area contributed by atoms with E-state index in [0.717, 1.165) is 34.2 Å². The maximum Gasteiger partial charge on any atom is 0.416 e. The molecule has 4 aromatic rings. The summed E-state index contributed by atoms with van der Waals surface area (Å²) in [6.07, 6.45) is -2.79. The first-order chi connectivity index (χ1) is 15.2. The molecule has 0 aliphatic carbocycles. The molecule has 0 fully saturated rings. The molecule has 0 unspecified atom stereocenters. The molecule has 0 spiro atoms. The van der Waals surface area contributed by atoms with E-state index >= 15 is 0 Å². The highest BCUT2D eigenvalue weighted by Crippen LogP contribution is 2.30. The van der Waals surface area contributed by atoms with Crippen molar-refractivity contribution in [2.45, 2.75) is 19.6 Å². The second-order valence-electron chi connectivity index (χ2n) is 7.41. The van der Waals surface area contributed by atoms with Crippen LogP contribution < -0.4 is 11.1 Å². The molecule has 0 bridgehead atoms. The van der Waals surface area contributed by atoms with Gasteiger partial charge in [-0.1, -0.05) is 24.3 Å². The van der Waals surface area contributed by atoms with E-state index in [0.29, 0.717) is 16.6 Å². The van der Waals surface area contributed by atoms with Crippen molar-refractivity contribution in [1.29, 1.82) is 0 Å². The molecule has 1 aromatic heterocycles. The molecular weight excluding hydrogens is 417 g/mol. The Bertz CT molecular complexity index is 1320. The van der Waals surface area contributed by atoms with E-state index in [2.05, 4.69) is 15.3 Å². The predicted molar refractivity (Wildman–Crippen MR) is 117 cm³/mol. The standard InChI is InChI=1S/C24H19F3N4O/c1-14-5-6-17(22(32)29-12-15-3-2-4-19(9-15)24(25,26)27)11-20(14)16-7-8-21-18(10-16)13-30-23(28)31-21/h2-11,13H,12H2,1H3,(H,29,32)(H2,28,30,31). The van der Waals surface area contributed by atoms with Gasteiger partial charge in [0.25, 0.3) is 5.91 Å². The molecule has 5 nitrogen and oxygen atoms in total. The highest BCUT2D eigenvalue weighted by molar-refractivity contribution is 5.96. The van der Waals surface area contributed by atoms with E-state index < -0.39 is 11.7 Å². The number of anilines is 1. The summed E-state index contributed by atoms with van der Waals surface area (Å²) in [7, 11) is 0. The third kappa shape index (κ3) is 4.54. The Labute approximate surface area is 182 Å². The van der Waals surface area contributed by atoms with Crippen LogP contribution in [0.15, 0.2) is 66.9 Å². The number of alkyl halides is 3. The van der Waals surface area contributed by atoms with Crippen molar-refractivity contribution >= 4 is 22.8 Å². The number of benzene rings is 3. The lowest BCUT2D eigenvalue weighted by molar-refractivity contribution is -0.137. The van der Waals surface area contributed by atoms with Gasteiger partial charge in [0.05, 0.1) is 11.1 Å². The molecule has 3 aromatic carbocycles. The fourth-order valence-electron chi connectivity index (χ4n) is 3.43. The predicted octanol–water partition coefficient (Wildman–Crippen LogP) is 5.14. The molecule has 1 heterocycles. The molecule has 0 radical (unpaired) electrons. The minimum atomic E-state index is -4.43. The maximum absolute atomic E-state index is 12.9. The van der Waals surface area contributed by atoms with Gasteiger partial charge in [-0.2, -0.15) is 13.2 Å². The Hall–Kier alpha value is -3.94. The molecule has 32 heavy (non-hydrogen) atoms. The first-order valence-electron chi connectivity index (χ1n) is 9.78. The van der Waals surface area contributed by atoms with Gasteiger partial charge in [-0.3, -0.25) is 4.79 Å². The zero-order chi connectivity index (χ0) is 22.9. The van der Waals surface area contributed by atoms with E-state index in [1.807, 2.05) is 31.2 Å². The Kier molecular flexibility index (Phi) is 5.52. The van der Waals surface area contributed by atoms with Crippen molar-refractivity contribution in [3.8, 4) is 11.1 Å². The summed E-state index contributed by atoms with van der Waals surface area (Å²) in [5.74, 6) is -0.179. The molecule has 4 rings (SSSR count). The number of nitrogen functional groups attached to an aromatic ring is 1. The SMILES string of the molecule is Cc1ccc(C(=O)NCc2cccc(C(F)(F)F)c2)cc1-c1ccc2nc(N)ncc2c1. The van der Waals surface area contributed by atoms with Crippen molar-refractivity contribution in [2.75, 3.05) is 5.73 Å². The lowest BCUT2D eigenvalue weighted by Crippen LogP contribution is -2.23. The smallest absolute Gasteiger partial charge is 0.368 e. The number of fused-ring (bicyclic) bond motifs is 1. The number of aromatic nitrogens is 2. The Morgan fingerprint density at radius 1 is 1.06 bits per heavy atom. The van der Waals surface area contributed by atoms with Crippen molar-refractivity contribution < 1.29 is 18.0 Å². The lowest BCUT2D eigenvalue weighted by Gasteiger charge is -2.12. The largest absolute Gasteiger partial charge is 0.416 e. The number of carbonyl (C=O) groups excluding carboxylic acids is 1. The zero-order valence-electron chi connectivity index (χ0n) is 17.1. The molecule has 0 aliphatic heterocycles. The van der Waals surface area contributed by atoms with Gasteiger partial charge in [-0.15, -0.1) is 0 Å². The van der Waals surface area contributed by atoms with Crippen LogP contribution >= 0.6 is 0 Å². The van der Waals surface area contributed by atoms with Crippen LogP contribution in [-0.4, -0.2) is 15.9 Å². The molecule has 162 valence electrons. The van der Waals surface area contributed by atoms with Gasteiger partial charge in [0.1, 0.15) is 0 Å². The molecule has 0 saturated heterocycles. The van der Waals surface area contributed by atoms with Gasteiger partial charge < -0.3 is 11.1 Å². The van der Waals surface area contributed by atoms with Crippen LogP contribution in [0.2, 0.25) is 0 Å². The van der Waals surface area contributed by atoms with E-state index in [1.165, 1.54) is 6.07 Å². The fraction of sp³-hybridized carbons (Fsp3) is 0.125. The fourth-order valence-corrected chi connectivity index (χ4v) is 3.43. The molecule has 0 saturated carbocycles. The maximum atomic E-state index is 12.9. The summed E-state index contributed by atoms with van der Waals surface area (Å²) in [5.41, 5.74) is 9.09. The summed E-state index contributed by atoms with van der Waals surface area (Å²) in [5, 5.41) is 3.50. The number of hydrogen-bond donors (Lipinski definition) is 2. The van der Waals surface area contributed by atoms with Gasteiger partial charge in [0.15, 0.2) is 0 Å². The number of nitrogens with zero attached hydrogens (tertiary/aromatic N) is 2. The van der Waals surface area contributed by atoms with E-state index in [-0.39, 0.29) is 18.4 Å². The minimum Gasteiger partial charge on any atom is -0.368 e. The van der Waals surface area contributed by atoms with Gasteiger partial charge in [-0.25, -0.2) is 9.97 Å². The van der Waals surface area contributed by atoms with Crippen molar-refractivity contribution in [1.82, 2.24) is 15.3 Å². The monoisotopic (exact) mass is 436 g/mol. The van der Waals surface area contributed by atoms with Crippen LogP contribution in [0.5, 0.6) is 0 Å². The van der Waals surface area contributed by atoms with Gasteiger partial charge in [-0.05, 0) is 65.6 Å².